The number of hydrogen-bond acceptors (Lipinski definition) is 4. The number of pyridine rings is 1. The van der Waals surface area contributed by atoms with Crippen LogP contribution in [0.1, 0.15) is 0 Å². The predicted octanol–water partition coefficient (Wildman–Crippen LogP) is 2.37. The minimum Gasteiger partial charge on any atom is -0.258 e. The van der Waals surface area contributed by atoms with Crippen LogP contribution in [0.15, 0.2) is 17.2 Å². The van der Waals surface area contributed by atoms with Crippen molar-refractivity contribution in [3.63, 3.8) is 0 Å². The highest BCUT2D eigenvalue weighted by atomic mass is 35.5. The van der Waals surface area contributed by atoms with Crippen molar-refractivity contribution in [3.8, 4) is 0 Å². The van der Waals surface area contributed by atoms with Gasteiger partial charge in [-0.25, -0.2) is 4.98 Å². The normalized spacial score (nSPS) is 9.83. The molecule has 1 rings (SSSR count). The molecule has 1 aromatic rings. The summed E-state index contributed by atoms with van der Waals surface area (Å²) in [5, 5.41) is 11.0. The van der Waals surface area contributed by atoms with Crippen LogP contribution in [0.4, 0.5) is 5.69 Å². The molecule has 1 aromatic heterocycles. The lowest BCUT2D eigenvalue weighted by molar-refractivity contribution is -0.385. The Labute approximate surface area is 78.1 Å². The van der Waals surface area contributed by atoms with Gasteiger partial charge in [-0.3, -0.25) is 10.1 Å². The quantitative estimate of drug-likeness (QED) is 0.321. The number of hydrogen-bond donors (Lipinski definition) is 0. The van der Waals surface area contributed by atoms with E-state index in [4.69, 9.17) is 11.6 Å². The lowest BCUT2D eigenvalue weighted by atomic mass is 10.4. The molecule has 0 unspecified atom stereocenters. The van der Waals surface area contributed by atoms with Crippen molar-refractivity contribution in [1.82, 2.24) is 4.98 Å². The van der Waals surface area contributed by atoms with E-state index in [-0.39, 0.29) is 10.8 Å². The van der Waals surface area contributed by atoms with E-state index in [0.29, 0.717) is 5.03 Å². The van der Waals surface area contributed by atoms with E-state index in [9.17, 15) is 10.1 Å². The first-order valence-electron chi connectivity index (χ1n) is 2.99. The smallest absolute Gasteiger partial charge is 0.258 e. The molecule has 0 saturated heterocycles. The fourth-order valence-electron chi connectivity index (χ4n) is 0.670. The number of aromatic nitrogens is 1. The van der Waals surface area contributed by atoms with Gasteiger partial charge in [0.1, 0.15) is 10.2 Å². The zero-order valence-corrected chi connectivity index (χ0v) is 7.72. The van der Waals surface area contributed by atoms with Crippen LogP contribution in [-0.4, -0.2) is 16.2 Å². The average molecular weight is 205 g/mol. The Bertz CT molecular complexity index is 318. The van der Waals surface area contributed by atoms with Crippen molar-refractivity contribution >= 4 is 29.1 Å². The van der Waals surface area contributed by atoms with Crippen molar-refractivity contribution in [2.24, 2.45) is 0 Å². The maximum absolute atomic E-state index is 10.3. The van der Waals surface area contributed by atoms with E-state index in [1.165, 1.54) is 23.9 Å². The fourth-order valence-corrected chi connectivity index (χ4v) is 1.35. The van der Waals surface area contributed by atoms with E-state index in [0.717, 1.165) is 0 Å². The van der Waals surface area contributed by atoms with Gasteiger partial charge in [0.25, 0.3) is 5.69 Å². The van der Waals surface area contributed by atoms with Crippen molar-refractivity contribution < 1.29 is 4.92 Å². The molecule has 12 heavy (non-hydrogen) atoms. The summed E-state index contributed by atoms with van der Waals surface area (Å²) < 4.78 is 0. The highest BCUT2D eigenvalue weighted by molar-refractivity contribution is 7.98. The summed E-state index contributed by atoms with van der Waals surface area (Å²) in [6.07, 6.45) is 1.78. The number of nitro groups is 1. The molecule has 0 atom stereocenters. The first kappa shape index (κ1) is 9.28. The third-order valence-electron chi connectivity index (χ3n) is 1.18. The van der Waals surface area contributed by atoms with Crippen molar-refractivity contribution in [3.05, 3.63) is 27.4 Å². The van der Waals surface area contributed by atoms with Crippen molar-refractivity contribution in [1.29, 1.82) is 0 Å². The van der Waals surface area contributed by atoms with Gasteiger partial charge in [0.05, 0.1) is 11.0 Å². The Morgan fingerprint density at radius 2 is 2.33 bits per heavy atom. The molecule has 6 heteroatoms. The van der Waals surface area contributed by atoms with E-state index in [1.54, 1.807) is 6.26 Å². The number of nitrogens with zero attached hydrogens (tertiary/aromatic N) is 2. The summed E-state index contributed by atoms with van der Waals surface area (Å²) in [6, 6.07) is 2.61. The summed E-state index contributed by atoms with van der Waals surface area (Å²) in [5.74, 6) is 0. The van der Waals surface area contributed by atoms with Gasteiger partial charge in [-0.15, -0.1) is 11.8 Å². The van der Waals surface area contributed by atoms with Gasteiger partial charge in [-0.1, -0.05) is 11.6 Å². The minimum atomic E-state index is -0.493. The lowest BCUT2D eigenvalue weighted by Crippen LogP contribution is -1.90. The van der Waals surface area contributed by atoms with Gasteiger partial charge in [0.15, 0.2) is 0 Å². The molecule has 0 spiro atoms. The van der Waals surface area contributed by atoms with Gasteiger partial charge >= 0.3 is 0 Å². The largest absolute Gasteiger partial charge is 0.275 e. The second-order valence-electron chi connectivity index (χ2n) is 1.95. The molecule has 0 aliphatic carbocycles. The average Bonchev–Trinajstić information content (AvgIpc) is 2.03. The molecule has 0 aliphatic heterocycles. The zero-order valence-electron chi connectivity index (χ0n) is 6.15. The Morgan fingerprint density at radius 3 is 2.83 bits per heavy atom. The summed E-state index contributed by atoms with van der Waals surface area (Å²) >= 11 is 6.86. The van der Waals surface area contributed by atoms with E-state index in [1.807, 2.05) is 0 Å². The maximum atomic E-state index is 10.3. The molecule has 0 fully saturated rings. The van der Waals surface area contributed by atoms with Crippen LogP contribution < -0.4 is 0 Å². The Morgan fingerprint density at radius 1 is 1.67 bits per heavy atom. The number of thioether (sulfide) groups is 1. The Kier molecular flexibility index (Phi) is 2.88. The second-order valence-corrected chi connectivity index (χ2v) is 3.16. The van der Waals surface area contributed by atoms with Crippen LogP contribution >= 0.6 is 23.4 Å². The topological polar surface area (TPSA) is 56.0 Å². The molecule has 0 amide bonds. The minimum absolute atomic E-state index is 0.0284. The van der Waals surface area contributed by atoms with Crippen LogP contribution in [0.5, 0.6) is 0 Å². The molecule has 0 aliphatic rings. The van der Waals surface area contributed by atoms with Gasteiger partial charge in [-0.05, 0) is 6.26 Å². The molecule has 0 radical (unpaired) electrons. The van der Waals surface area contributed by atoms with Gasteiger partial charge in [0.2, 0.25) is 0 Å². The molecule has 0 saturated carbocycles. The van der Waals surface area contributed by atoms with Crippen molar-refractivity contribution in [2.45, 2.75) is 5.03 Å². The molecule has 0 aromatic carbocycles. The van der Waals surface area contributed by atoms with E-state index < -0.39 is 4.92 Å². The van der Waals surface area contributed by atoms with Crippen LogP contribution in [0, 0.1) is 10.1 Å². The van der Waals surface area contributed by atoms with Crippen LogP contribution in [0.3, 0.4) is 0 Å². The summed E-state index contributed by atoms with van der Waals surface area (Å²) in [4.78, 5) is 13.7. The Balaban J connectivity index is 3.15. The second kappa shape index (κ2) is 3.73. The van der Waals surface area contributed by atoms with Gasteiger partial charge in [0, 0.05) is 6.07 Å². The first-order chi connectivity index (χ1) is 5.63. The molecule has 0 bridgehead atoms. The number of halogens is 1. The molecule has 64 valence electrons. The maximum Gasteiger partial charge on any atom is 0.275 e. The third kappa shape index (κ3) is 2.09. The molecule has 0 N–H and O–H groups in total. The van der Waals surface area contributed by atoms with E-state index in [2.05, 4.69) is 4.98 Å². The summed E-state index contributed by atoms with van der Waals surface area (Å²) in [6.45, 7) is 0. The monoisotopic (exact) mass is 204 g/mol. The predicted molar refractivity (Wildman–Crippen MR) is 47.7 cm³/mol. The van der Waals surface area contributed by atoms with E-state index >= 15 is 0 Å². The third-order valence-corrected chi connectivity index (χ3v) is 2.00. The fraction of sp³-hybridized carbons (Fsp3) is 0.167. The number of rotatable bonds is 2. The molecule has 4 nitrogen and oxygen atoms in total. The van der Waals surface area contributed by atoms with Gasteiger partial charge < -0.3 is 0 Å². The lowest BCUT2D eigenvalue weighted by Gasteiger charge is -1.96. The van der Waals surface area contributed by atoms with Crippen molar-refractivity contribution in [2.75, 3.05) is 6.26 Å². The van der Waals surface area contributed by atoms with Crippen LogP contribution in [0.2, 0.25) is 5.15 Å². The van der Waals surface area contributed by atoms with Gasteiger partial charge in [-0.2, -0.15) is 0 Å². The highest BCUT2D eigenvalue weighted by Gasteiger charge is 2.08. The van der Waals surface area contributed by atoms with Crippen LogP contribution in [0.25, 0.3) is 0 Å². The first-order valence-corrected chi connectivity index (χ1v) is 4.59. The Hall–Kier alpha value is -0.810. The highest BCUT2D eigenvalue weighted by Crippen LogP contribution is 2.22. The molecular formula is C6H5ClN2O2S. The summed E-state index contributed by atoms with van der Waals surface area (Å²) in [5.41, 5.74) is -0.0284. The SMILES string of the molecule is CSc1cc([N+](=O)[O-])cc(Cl)n1. The summed E-state index contributed by atoms with van der Waals surface area (Å²) in [7, 11) is 0. The molecular weight excluding hydrogens is 200 g/mol. The standard InChI is InChI=1S/C6H5ClN2O2S/c1-12-6-3-4(9(10)11)2-5(7)8-6/h2-3H,1H3. The molecule has 1 heterocycles. The van der Waals surface area contributed by atoms with Crippen LogP contribution in [-0.2, 0) is 0 Å². The zero-order chi connectivity index (χ0) is 9.14.